The molecule has 59 heavy (non-hydrogen) atoms. The molecule has 10 aromatic carbocycles. The van der Waals surface area contributed by atoms with Crippen LogP contribution in [0.25, 0.3) is 82.4 Å². The van der Waals surface area contributed by atoms with Gasteiger partial charge in [0.05, 0.1) is 11.0 Å². The summed E-state index contributed by atoms with van der Waals surface area (Å²) in [5, 5.41) is 7.55. The lowest BCUT2D eigenvalue weighted by Gasteiger charge is -2.34. The van der Waals surface area contributed by atoms with Gasteiger partial charge in [0.25, 0.3) is 0 Å². The third-order valence-electron chi connectivity index (χ3n) is 12.4. The molecule has 0 radical (unpaired) electrons. The van der Waals surface area contributed by atoms with Gasteiger partial charge < -0.3 is 9.47 Å². The average molecular weight is 751 g/mol. The molecule has 2 heterocycles. The van der Waals surface area contributed by atoms with Gasteiger partial charge in [-0.1, -0.05) is 152 Å². The largest absolute Gasteiger partial charge is 0.310 e. The molecule has 0 spiro atoms. The number of fused-ring (bicyclic) bond motifs is 7. The summed E-state index contributed by atoms with van der Waals surface area (Å²) in [5.74, 6) is 0. The maximum absolute atomic E-state index is 2.46. The molecular formula is C57H38N2. The second kappa shape index (κ2) is 13.5. The van der Waals surface area contributed by atoms with Gasteiger partial charge in [-0.25, -0.2) is 0 Å². The molecule has 12 rings (SSSR count). The van der Waals surface area contributed by atoms with Crippen LogP contribution in [-0.2, 0) is 6.42 Å². The van der Waals surface area contributed by atoms with Crippen LogP contribution in [0, 0.1) is 0 Å². The van der Waals surface area contributed by atoms with E-state index in [1.807, 2.05) is 0 Å². The minimum absolute atomic E-state index is 0.853. The quantitative estimate of drug-likeness (QED) is 0.170. The van der Waals surface area contributed by atoms with Gasteiger partial charge in [-0.05, 0) is 133 Å². The maximum atomic E-state index is 2.46. The third-order valence-corrected chi connectivity index (χ3v) is 12.4. The molecule has 0 N–H and O–H groups in total. The standard InChI is InChI=1S/C57H38N2/c1-2-11-38(12-3-1)44-25-32-57-53(37-44)52-18-8-9-20-56(52)58(57)48-27-21-40(22-28-48)43-24-30-54-46(33-43)35-47-34-45(51-19-10-16-41-14-6-7-17-50(41)51)26-31-55(47)59(54)49-29-23-39-13-4-5-15-42(39)36-49/h1-34,36-37H,35H2. The smallest absolute Gasteiger partial charge is 0.0541 e. The van der Waals surface area contributed by atoms with Crippen molar-refractivity contribution in [3.8, 4) is 39.1 Å². The second-order valence-corrected chi connectivity index (χ2v) is 15.8. The predicted octanol–water partition coefficient (Wildman–Crippen LogP) is 15.5. The normalized spacial score (nSPS) is 12.3. The van der Waals surface area contributed by atoms with E-state index in [-0.39, 0.29) is 0 Å². The first-order valence-corrected chi connectivity index (χ1v) is 20.5. The molecule has 0 aliphatic carbocycles. The van der Waals surface area contributed by atoms with E-state index in [0.29, 0.717) is 0 Å². The minimum atomic E-state index is 0.853. The number of nitrogens with zero attached hydrogens (tertiary/aromatic N) is 2. The van der Waals surface area contributed by atoms with Gasteiger partial charge in [0, 0.05) is 39.9 Å². The number of anilines is 3. The third kappa shape index (κ3) is 5.56. The Labute approximate surface area is 343 Å². The van der Waals surface area contributed by atoms with E-state index >= 15 is 0 Å². The molecule has 0 atom stereocenters. The first-order chi connectivity index (χ1) is 29.2. The van der Waals surface area contributed by atoms with Crippen molar-refractivity contribution in [1.82, 2.24) is 4.57 Å². The Morgan fingerprint density at radius 3 is 1.71 bits per heavy atom. The SMILES string of the molecule is c1ccc(-c2ccc3c(c2)c2ccccc2n3-c2ccc(-c3ccc4c(c3)Cc3cc(-c5cccc6ccccc56)ccc3N4c3ccc4ccccc4c3)cc2)cc1. The molecule has 0 amide bonds. The van der Waals surface area contributed by atoms with E-state index in [4.69, 9.17) is 0 Å². The van der Waals surface area contributed by atoms with Crippen molar-refractivity contribution in [2.24, 2.45) is 0 Å². The molecule has 1 aliphatic heterocycles. The van der Waals surface area contributed by atoms with Crippen LogP contribution in [0.15, 0.2) is 218 Å². The highest BCUT2D eigenvalue weighted by molar-refractivity contribution is 6.10. The molecule has 0 saturated heterocycles. The molecular weight excluding hydrogens is 713 g/mol. The van der Waals surface area contributed by atoms with Gasteiger partial charge in [-0.3, -0.25) is 0 Å². The van der Waals surface area contributed by atoms with Crippen LogP contribution in [0.1, 0.15) is 11.1 Å². The van der Waals surface area contributed by atoms with Gasteiger partial charge in [0.2, 0.25) is 0 Å². The Kier molecular flexibility index (Phi) is 7.64. The van der Waals surface area contributed by atoms with Crippen molar-refractivity contribution < 1.29 is 0 Å². The molecule has 11 aromatic rings. The summed E-state index contributed by atoms with van der Waals surface area (Å²) >= 11 is 0. The van der Waals surface area contributed by atoms with Gasteiger partial charge in [-0.2, -0.15) is 0 Å². The predicted molar refractivity (Wildman–Crippen MR) is 250 cm³/mol. The average Bonchev–Trinajstić information content (AvgIpc) is 3.64. The van der Waals surface area contributed by atoms with Crippen molar-refractivity contribution in [3.63, 3.8) is 0 Å². The molecule has 276 valence electrons. The summed E-state index contributed by atoms with van der Waals surface area (Å²) in [6, 6.07) is 80.3. The second-order valence-electron chi connectivity index (χ2n) is 15.8. The summed E-state index contributed by atoms with van der Waals surface area (Å²) in [7, 11) is 0. The summed E-state index contributed by atoms with van der Waals surface area (Å²) in [6.45, 7) is 0. The number of para-hydroxylation sites is 1. The van der Waals surface area contributed by atoms with Crippen molar-refractivity contribution in [2.45, 2.75) is 6.42 Å². The highest BCUT2D eigenvalue weighted by atomic mass is 15.2. The Morgan fingerprint density at radius 1 is 0.305 bits per heavy atom. The first kappa shape index (κ1) is 33.5. The molecule has 1 aromatic heterocycles. The van der Waals surface area contributed by atoms with E-state index in [2.05, 4.69) is 228 Å². The first-order valence-electron chi connectivity index (χ1n) is 20.5. The molecule has 0 bridgehead atoms. The fraction of sp³-hybridized carbons (Fsp3) is 0.0175. The van der Waals surface area contributed by atoms with Crippen LogP contribution in [0.3, 0.4) is 0 Å². The van der Waals surface area contributed by atoms with Gasteiger partial charge in [0.1, 0.15) is 0 Å². The van der Waals surface area contributed by atoms with Crippen molar-refractivity contribution in [2.75, 3.05) is 4.90 Å². The summed E-state index contributed by atoms with van der Waals surface area (Å²) < 4.78 is 2.40. The maximum Gasteiger partial charge on any atom is 0.0541 e. The Morgan fingerprint density at radius 2 is 0.881 bits per heavy atom. The highest BCUT2D eigenvalue weighted by Crippen LogP contribution is 2.47. The number of aromatic nitrogens is 1. The van der Waals surface area contributed by atoms with E-state index < -0.39 is 0 Å². The molecule has 2 nitrogen and oxygen atoms in total. The molecule has 1 aliphatic rings. The monoisotopic (exact) mass is 750 g/mol. The van der Waals surface area contributed by atoms with E-state index in [0.717, 1.165) is 12.1 Å². The topological polar surface area (TPSA) is 8.17 Å². The zero-order valence-corrected chi connectivity index (χ0v) is 32.4. The van der Waals surface area contributed by atoms with Crippen molar-refractivity contribution in [1.29, 1.82) is 0 Å². The molecule has 0 saturated carbocycles. The Balaban J connectivity index is 0.952. The number of hydrogen-bond acceptors (Lipinski definition) is 1. The molecule has 2 heteroatoms. The van der Waals surface area contributed by atoms with Crippen LogP contribution < -0.4 is 4.90 Å². The van der Waals surface area contributed by atoms with Gasteiger partial charge in [0.15, 0.2) is 0 Å². The minimum Gasteiger partial charge on any atom is -0.310 e. The summed E-state index contributed by atoms with van der Waals surface area (Å²) in [6.07, 6.45) is 0.853. The summed E-state index contributed by atoms with van der Waals surface area (Å²) in [5.41, 5.74) is 17.3. The number of rotatable bonds is 5. The highest BCUT2D eigenvalue weighted by Gasteiger charge is 2.26. The Hall–Kier alpha value is -7.68. The molecule has 0 fully saturated rings. The zero-order valence-electron chi connectivity index (χ0n) is 32.4. The van der Waals surface area contributed by atoms with Crippen LogP contribution in [-0.4, -0.2) is 4.57 Å². The van der Waals surface area contributed by atoms with Crippen LogP contribution in [0.5, 0.6) is 0 Å². The van der Waals surface area contributed by atoms with Crippen LogP contribution in [0.4, 0.5) is 17.1 Å². The summed E-state index contributed by atoms with van der Waals surface area (Å²) in [4.78, 5) is 2.46. The number of benzene rings is 10. The lowest BCUT2D eigenvalue weighted by atomic mass is 9.89. The number of hydrogen-bond donors (Lipinski definition) is 0. The van der Waals surface area contributed by atoms with Gasteiger partial charge in [-0.15, -0.1) is 0 Å². The van der Waals surface area contributed by atoms with Crippen LogP contribution in [0.2, 0.25) is 0 Å². The van der Waals surface area contributed by atoms with Crippen LogP contribution >= 0.6 is 0 Å². The van der Waals surface area contributed by atoms with E-state index in [1.54, 1.807) is 0 Å². The fourth-order valence-electron chi connectivity index (χ4n) is 9.51. The lowest BCUT2D eigenvalue weighted by Crippen LogP contribution is -2.18. The van der Waals surface area contributed by atoms with E-state index in [9.17, 15) is 0 Å². The zero-order chi connectivity index (χ0) is 38.9. The fourth-order valence-corrected chi connectivity index (χ4v) is 9.51. The van der Waals surface area contributed by atoms with Crippen molar-refractivity contribution >= 4 is 60.4 Å². The van der Waals surface area contributed by atoms with Gasteiger partial charge >= 0.3 is 0 Å². The van der Waals surface area contributed by atoms with E-state index in [1.165, 1.54) is 105 Å². The molecule has 0 unspecified atom stereocenters. The lowest BCUT2D eigenvalue weighted by molar-refractivity contribution is 1.09. The Bertz CT molecular complexity index is 3400. The van der Waals surface area contributed by atoms with Crippen molar-refractivity contribution in [3.05, 3.63) is 230 Å².